The van der Waals surface area contributed by atoms with Gasteiger partial charge in [-0.1, -0.05) is 32.0 Å². The van der Waals surface area contributed by atoms with Crippen molar-refractivity contribution in [1.29, 1.82) is 0 Å². The molecule has 0 aliphatic rings. The van der Waals surface area contributed by atoms with Crippen LogP contribution in [0.15, 0.2) is 24.3 Å². The van der Waals surface area contributed by atoms with Crippen LogP contribution in [0, 0.1) is 13.8 Å². The van der Waals surface area contributed by atoms with Gasteiger partial charge < -0.3 is 10.1 Å². The molecular formula is C20H24N2O3. The van der Waals surface area contributed by atoms with Crippen LogP contribution in [0.5, 0.6) is 0 Å². The third kappa shape index (κ3) is 3.87. The van der Waals surface area contributed by atoms with Gasteiger partial charge in [-0.15, -0.1) is 0 Å². The number of pyridine rings is 1. The van der Waals surface area contributed by atoms with E-state index in [2.05, 4.69) is 24.1 Å². The molecule has 1 amide bonds. The summed E-state index contributed by atoms with van der Waals surface area (Å²) < 4.78 is 4.77. The van der Waals surface area contributed by atoms with Crippen molar-refractivity contribution in [3.05, 3.63) is 57.9 Å². The number of nitrogens with one attached hydrogen (secondary N) is 1. The lowest BCUT2D eigenvalue weighted by molar-refractivity contribution is 0.0599. The predicted molar refractivity (Wildman–Crippen MR) is 98.2 cm³/mol. The zero-order chi connectivity index (χ0) is 18.6. The average Bonchev–Trinajstić information content (AvgIpc) is 2.61. The Morgan fingerprint density at radius 3 is 2.12 bits per heavy atom. The molecule has 1 N–H and O–H groups in total. The minimum Gasteiger partial charge on any atom is -0.465 e. The second-order valence-electron chi connectivity index (χ2n) is 5.86. The minimum absolute atomic E-state index is 0.272. The first-order valence-corrected chi connectivity index (χ1v) is 8.41. The van der Waals surface area contributed by atoms with Gasteiger partial charge >= 0.3 is 5.97 Å². The zero-order valence-electron chi connectivity index (χ0n) is 15.4. The van der Waals surface area contributed by atoms with Gasteiger partial charge in [0.15, 0.2) is 0 Å². The van der Waals surface area contributed by atoms with Gasteiger partial charge in [0.2, 0.25) is 0 Å². The molecule has 0 bridgehead atoms. The summed E-state index contributed by atoms with van der Waals surface area (Å²) in [4.78, 5) is 29.1. The Labute approximate surface area is 148 Å². The highest BCUT2D eigenvalue weighted by Gasteiger charge is 2.19. The highest BCUT2D eigenvalue weighted by atomic mass is 16.5. The van der Waals surface area contributed by atoms with Crippen LogP contribution in [0.25, 0.3) is 0 Å². The van der Waals surface area contributed by atoms with Crippen LogP contribution in [0.1, 0.15) is 57.1 Å². The Morgan fingerprint density at radius 2 is 1.60 bits per heavy atom. The molecule has 0 fully saturated rings. The van der Waals surface area contributed by atoms with Gasteiger partial charge in [-0.05, 0) is 43.9 Å². The second-order valence-corrected chi connectivity index (χ2v) is 5.86. The molecule has 132 valence electrons. The Bertz CT molecular complexity index is 791. The predicted octanol–water partition coefficient (Wildman–Crippen LogP) is 3.86. The van der Waals surface area contributed by atoms with E-state index in [1.807, 2.05) is 18.2 Å². The van der Waals surface area contributed by atoms with E-state index >= 15 is 0 Å². The monoisotopic (exact) mass is 340 g/mol. The topological polar surface area (TPSA) is 68.3 Å². The van der Waals surface area contributed by atoms with Crippen molar-refractivity contribution >= 4 is 17.6 Å². The van der Waals surface area contributed by atoms with Crippen LogP contribution < -0.4 is 5.32 Å². The highest BCUT2D eigenvalue weighted by Crippen LogP contribution is 2.24. The van der Waals surface area contributed by atoms with Crippen LogP contribution in [0.2, 0.25) is 0 Å². The molecule has 0 unspecified atom stereocenters. The Kier molecular flexibility index (Phi) is 5.91. The van der Waals surface area contributed by atoms with Gasteiger partial charge in [-0.3, -0.25) is 9.78 Å². The van der Waals surface area contributed by atoms with E-state index in [9.17, 15) is 9.59 Å². The zero-order valence-corrected chi connectivity index (χ0v) is 15.4. The van der Waals surface area contributed by atoms with Crippen molar-refractivity contribution in [1.82, 2.24) is 4.98 Å². The Balaban J connectivity index is 2.44. The van der Waals surface area contributed by atoms with Crippen molar-refractivity contribution < 1.29 is 14.3 Å². The van der Waals surface area contributed by atoms with Gasteiger partial charge in [-0.2, -0.15) is 0 Å². The molecular weight excluding hydrogens is 316 g/mol. The number of anilines is 1. The van der Waals surface area contributed by atoms with Gasteiger partial charge in [0.25, 0.3) is 5.91 Å². The summed E-state index contributed by atoms with van der Waals surface area (Å²) >= 11 is 0. The number of carbonyl (C=O) groups excluding carboxylic acids is 2. The molecule has 1 aromatic carbocycles. The molecule has 2 rings (SSSR count). The molecule has 0 radical (unpaired) electrons. The molecule has 2 aromatic rings. The van der Waals surface area contributed by atoms with Crippen molar-refractivity contribution in [2.75, 3.05) is 12.4 Å². The number of benzene rings is 1. The number of carbonyl (C=O) groups is 2. The summed E-state index contributed by atoms with van der Waals surface area (Å²) in [6, 6.07) is 7.57. The van der Waals surface area contributed by atoms with E-state index in [0.29, 0.717) is 22.5 Å². The molecule has 0 spiro atoms. The molecule has 0 saturated heterocycles. The third-order valence-electron chi connectivity index (χ3n) is 4.29. The van der Waals surface area contributed by atoms with Crippen molar-refractivity contribution in [2.24, 2.45) is 0 Å². The SMILES string of the molecule is CCc1cccc(CC)c1NC(=O)c1cc(C(=O)OC)c(C)nc1C. The third-order valence-corrected chi connectivity index (χ3v) is 4.29. The maximum absolute atomic E-state index is 12.8. The second kappa shape index (κ2) is 7.92. The van der Waals surface area contributed by atoms with Gasteiger partial charge in [0.1, 0.15) is 0 Å². The minimum atomic E-state index is -0.498. The number of hydrogen-bond acceptors (Lipinski definition) is 4. The largest absolute Gasteiger partial charge is 0.465 e. The fraction of sp³-hybridized carbons (Fsp3) is 0.350. The van der Waals surface area contributed by atoms with Gasteiger partial charge in [-0.25, -0.2) is 4.79 Å². The quantitative estimate of drug-likeness (QED) is 0.839. The summed E-state index contributed by atoms with van der Waals surface area (Å²) in [7, 11) is 1.31. The Morgan fingerprint density at radius 1 is 1.04 bits per heavy atom. The lowest BCUT2D eigenvalue weighted by Crippen LogP contribution is -2.18. The van der Waals surface area contributed by atoms with Crippen molar-refractivity contribution in [2.45, 2.75) is 40.5 Å². The smallest absolute Gasteiger partial charge is 0.339 e. The van der Waals surface area contributed by atoms with E-state index in [1.165, 1.54) is 7.11 Å². The number of aryl methyl sites for hydroxylation is 4. The molecule has 5 nitrogen and oxygen atoms in total. The van der Waals surface area contributed by atoms with E-state index in [4.69, 9.17) is 4.74 Å². The lowest BCUT2D eigenvalue weighted by atomic mass is 10.0. The van der Waals surface area contributed by atoms with Gasteiger partial charge in [0, 0.05) is 5.69 Å². The van der Waals surface area contributed by atoms with E-state index in [-0.39, 0.29) is 5.91 Å². The molecule has 0 aliphatic carbocycles. The summed E-state index contributed by atoms with van der Waals surface area (Å²) in [5.74, 6) is -0.770. The molecule has 0 atom stereocenters. The standard InChI is InChI=1S/C20H24N2O3/c1-6-14-9-8-10-15(7-2)18(14)22-19(23)16-11-17(20(24)25-5)13(4)21-12(16)3/h8-11H,6-7H2,1-5H3,(H,22,23). The van der Waals surface area contributed by atoms with Gasteiger partial charge in [0.05, 0.1) is 29.6 Å². The molecule has 5 heteroatoms. The summed E-state index contributed by atoms with van der Waals surface area (Å²) in [5.41, 5.74) is 4.81. The highest BCUT2D eigenvalue weighted by molar-refractivity contribution is 6.07. The summed E-state index contributed by atoms with van der Waals surface area (Å²) in [6.45, 7) is 7.59. The van der Waals surface area contributed by atoms with Crippen LogP contribution >= 0.6 is 0 Å². The van der Waals surface area contributed by atoms with E-state index < -0.39 is 5.97 Å². The summed E-state index contributed by atoms with van der Waals surface area (Å²) in [5, 5.41) is 3.01. The fourth-order valence-electron chi connectivity index (χ4n) is 2.86. The maximum atomic E-state index is 12.8. The maximum Gasteiger partial charge on any atom is 0.339 e. The number of aromatic nitrogens is 1. The number of methoxy groups -OCH3 is 1. The molecule has 1 heterocycles. The number of nitrogens with zero attached hydrogens (tertiary/aromatic N) is 1. The van der Waals surface area contributed by atoms with Crippen LogP contribution in [0.4, 0.5) is 5.69 Å². The molecule has 0 saturated carbocycles. The molecule has 1 aromatic heterocycles. The van der Waals surface area contributed by atoms with E-state index in [0.717, 1.165) is 29.7 Å². The first kappa shape index (κ1) is 18.6. The fourth-order valence-corrected chi connectivity index (χ4v) is 2.86. The first-order valence-electron chi connectivity index (χ1n) is 8.41. The molecule has 25 heavy (non-hydrogen) atoms. The number of ether oxygens (including phenoxy) is 1. The lowest BCUT2D eigenvalue weighted by Gasteiger charge is -2.16. The van der Waals surface area contributed by atoms with Crippen LogP contribution in [-0.4, -0.2) is 24.0 Å². The van der Waals surface area contributed by atoms with Crippen LogP contribution in [-0.2, 0) is 17.6 Å². The number of hydrogen-bond donors (Lipinski definition) is 1. The van der Waals surface area contributed by atoms with Crippen molar-refractivity contribution in [3.63, 3.8) is 0 Å². The molecule has 0 aliphatic heterocycles. The number of para-hydroxylation sites is 1. The normalized spacial score (nSPS) is 10.4. The first-order chi connectivity index (χ1) is 11.9. The van der Waals surface area contributed by atoms with E-state index in [1.54, 1.807) is 19.9 Å². The number of esters is 1. The summed E-state index contributed by atoms with van der Waals surface area (Å²) in [6.07, 6.45) is 1.64. The number of rotatable bonds is 5. The Hall–Kier alpha value is -2.69. The average molecular weight is 340 g/mol. The van der Waals surface area contributed by atoms with Crippen molar-refractivity contribution in [3.8, 4) is 0 Å². The number of amides is 1. The van der Waals surface area contributed by atoms with Crippen LogP contribution in [0.3, 0.4) is 0 Å².